The molecule has 10 nitrogen and oxygen atoms in total. The molecular formula is C23H30N6O4. The van der Waals surface area contributed by atoms with Gasteiger partial charge < -0.3 is 10.6 Å². The highest BCUT2D eigenvalue weighted by Crippen LogP contribution is 2.15. The Labute approximate surface area is 190 Å². The van der Waals surface area contributed by atoms with Crippen molar-refractivity contribution in [3.63, 3.8) is 0 Å². The molecule has 1 aromatic carbocycles. The zero-order valence-electron chi connectivity index (χ0n) is 19.4. The Morgan fingerprint density at radius 2 is 1.79 bits per heavy atom. The molecule has 0 saturated carbocycles. The largest absolute Gasteiger partial charge is 0.352 e. The Hall–Kier alpha value is -3.69. The molecule has 0 spiro atoms. The normalized spacial score (nSPS) is 13.1. The summed E-state index contributed by atoms with van der Waals surface area (Å²) in [6.07, 6.45) is 3.04. The van der Waals surface area contributed by atoms with Gasteiger partial charge in [0.05, 0.1) is 10.9 Å². The summed E-state index contributed by atoms with van der Waals surface area (Å²) in [4.78, 5) is 51.4. The lowest BCUT2D eigenvalue weighted by Gasteiger charge is -2.12. The first-order valence-corrected chi connectivity index (χ1v) is 11.1. The van der Waals surface area contributed by atoms with Gasteiger partial charge in [-0.25, -0.2) is 13.9 Å². The van der Waals surface area contributed by atoms with Gasteiger partial charge in [-0.15, -0.1) is 11.7 Å². The van der Waals surface area contributed by atoms with Crippen molar-refractivity contribution >= 4 is 28.5 Å². The molecule has 0 aliphatic carbocycles. The summed E-state index contributed by atoms with van der Waals surface area (Å²) in [5, 5.41) is 10.2. The van der Waals surface area contributed by atoms with Gasteiger partial charge in [0.25, 0.3) is 11.5 Å². The molecule has 10 heteroatoms. The molecule has 2 amide bonds. The van der Waals surface area contributed by atoms with Crippen molar-refractivity contribution in [2.24, 2.45) is 0 Å². The smallest absolute Gasteiger partial charge is 0.352 e. The summed E-state index contributed by atoms with van der Waals surface area (Å²) in [6, 6.07) is 4.52. The first-order valence-electron chi connectivity index (χ1n) is 11.1. The Morgan fingerprint density at radius 3 is 2.42 bits per heavy atom. The van der Waals surface area contributed by atoms with E-state index in [1.807, 2.05) is 27.7 Å². The molecule has 3 rings (SSSR count). The molecule has 33 heavy (non-hydrogen) atoms. The first kappa shape index (κ1) is 24.0. The van der Waals surface area contributed by atoms with Crippen LogP contribution in [0.25, 0.3) is 16.7 Å². The lowest BCUT2D eigenvalue weighted by atomic mass is 10.1. The molecule has 2 unspecified atom stereocenters. The number of hydrogen-bond acceptors (Lipinski definition) is 5. The fourth-order valence-electron chi connectivity index (χ4n) is 3.42. The molecular weight excluding hydrogens is 424 g/mol. The molecule has 0 radical (unpaired) electrons. The van der Waals surface area contributed by atoms with Crippen LogP contribution >= 0.6 is 0 Å². The minimum absolute atomic E-state index is 0.0247. The van der Waals surface area contributed by atoms with E-state index in [1.54, 1.807) is 6.07 Å². The van der Waals surface area contributed by atoms with Crippen molar-refractivity contribution in [3.8, 4) is 0 Å². The summed E-state index contributed by atoms with van der Waals surface area (Å²) in [7, 11) is 0. The number of allylic oxidation sites excluding steroid dienone is 1. The molecule has 2 atom stereocenters. The number of nitrogens with zero attached hydrogens (tertiary/aromatic N) is 4. The third-order valence-electron chi connectivity index (χ3n) is 5.65. The maximum atomic E-state index is 13.2. The molecule has 0 bridgehead atoms. The summed E-state index contributed by atoms with van der Waals surface area (Å²) in [5.41, 5.74) is -0.371. The van der Waals surface area contributed by atoms with Crippen LogP contribution in [0, 0.1) is 0 Å². The predicted molar refractivity (Wildman–Crippen MR) is 127 cm³/mol. The van der Waals surface area contributed by atoms with Crippen LogP contribution in [0.2, 0.25) is 0 Å². The summed E-state index contributed by atoms with van der Waals surface area (Å²) >= 11 is 0. The van der Waals surface area contributed by atoms with E-state index in [2.05, 4.69) is 22.3 Å². The van der Waals surface area contributed by atoms with Crippen LogP contribution in [0.5, 0.6) is 0 Å². The van der Waals surface area contributed by atoms with Crippen molar-refractivity contribution in [2.45, 2.75) is 65.7 Å². The Kier molecular flexibility index (Phi) is 7.15. The Bertz CT molecular complexity index is 1330. The minimum atomic E-state index is -0.577. The summed E-state index contributed by atoms with van der Waals surface area (Å²) < 4.78 is 3.60. The van der Waals surface area contributed by atoms with E-state index < -0.39 is 5.69 Å². The number of rotatable bonds is 9. The van der Waals surface area contributed by atoms with Gasteiger partial charge in [-0.05, 0) is 44.9 Å². The van der Waals surface area contributed by atoms with Crippen LogP contribution in [0.1, 0.15) is 50.9 Å². The number of aromatic nitrogens is 4. The van der Waals surface area contributed by atoms with Gasteiger partial charge >= 0.3 is 5.69 Å². The van der Waals surface area contributed by atoms with E-state index in [0.717, 1.165) is 17.5 Å². The third kappa shape index (κ3) is 4.74. The highest BCUT2D eigenvalue weighted by molar-refractivity contribution is 5.98. The lowest BCUT2D eigenvalue weighted by molar-refractivity contribution is -0.122. The zero-order chi connectivity index (χ0) is 24.3. The average Bonchev–Trinajstić information content (AvgIpc) is 3.11. The van der Waals surface area contributed by atoms with E-state index in [0.29, 0.717) is 5.56 Å². The second-order valence-corrected chi connectivity index (χ2v) is 8.17. The predicted octanol–water partition coefficient (Wildman–Crippen LogP) is 1.44. The molecule has 0 fully saturated rings. The molecule has 0 aliphatic heterocycles. The number of benzene rings is 1. The van der Waals surface area contributed by atoms with Crippen LogP contribution in [0.3, 0.4) is 0 Å². The van der Waals surface area contributed by atoms with E-state index in [-0.39, 0.29) is 59.2 Å². The Balaban J connectivity index is 2.21. The molecule has 3 aromatic rings. The van der Waals surface area contributed by atoms with Crippen LogP contribution < -0.4 is 21.9 Å². The van der Waals surface area contributed by atoms with E-state index >= 15 is 0 Å². The van der Waals surface area contributed by atoms with Crippen molar-refractivity contribution in [1.29, 1.82) is 0 Å². The molecule has 2 N–H and O–H groups in total. The standard InChI is InChI=1S/C23H30N6O4/c1-6-11-27-21(32)17-10-9-16(20(31)25-15(5)8-3)12-18(17)29-22(27)26-28(23(29)33)13-19(30)24-14(4)7-2/h6,9-10,12,14-15H,1,7-8,11,13H2,2-5H3,(H,24,30)(H,25,31). The Morgan fingerprint density at radius 1 is 1.12 bits per heavy atom. The minimum Gasteiger partial charge on any atom is -0.352 e. The van der Waals surface area contributed by atoms with Gasteiger partial charge in [0.15, 0.2) is 0 Å². The van der Waals surface area contributed by atoms with E-state index in [1.165, 1.54) is 27.2 Å². The fourth-order valence-corrected chi connectivity index (χ4v) is 3.42. The van der Waals surface area contributed by atoms with Gasteiger partial charge in [-0.1, -0.05) is 19.9 Å². The second kappa shape index (κ2) is 9.85. The van der Waals surface area contributed by atoms with E-state index in [4.69, 9.17) is 0 Å². The van der Waals surface area contributed by atoms with Gasteiger partial charge in [-0.2, -0.15) is 0 Å². The monoisotopic (exact) mass is 454 g/mol. The van der Waals surface area contributed by atoms with Crippen molar-refractivity contribution < 1.29 is 9.59 Å². The first-order chi connectivity index (χ1) is 15.7. The van der Waals surface area contributed by atoms with Crippen molar-refractivity contribution in [3.05, 3.63) is 57.3 Å². The fraction of sp³-hybridized carbons (Fsp3) is 0.435. The number of hydrogen-bond donors (Lipinski definition) is 2. The third-order valence-corrected chi connectivity index (χ3v) is 5.65. The number of amides is 2. The van der Waals surface area contributed by atoms with Gasteiger partial charge in [0.2, 0.25) is 11.7 Å². The molecule has 0 saturated heterocycles. The highest BCUT2D eigenvalue weighted by atomic mass is 16.2. The number of carbonyl (C=O) groups is 2. The average molecular weight is 455 g/mol. The van der Waals surface area contributed by atoms with Gasteiger partial charge in [0, 0.05) is 24.2 Å². The summed E-state index contributed by atoms with van der Waals surface area (Å²) in [5.74, 6) is -0.582. The lowest BCUT2D eigenvalue weighted by Crippen LogP contribution is -2.37. The van der Waals surface area contributed by atoms with Gasteiger partial charge in [-0.3, -0.25) is 19.0 Å². The summed E-state index contributed by atoms with van der Waals surface area (Å²) in [6.45, 7) is 11.2. The van der Waals surface area contributed by atoms with Crippen LogP contribution in [-0.2, 0) is 17.9 Å². The zero-order valence-corrected chi connectivity index (χ0v) is 19.4. The molecule has 2 heterocycles. The van der Waals surface area contributed by atoms with Crippen molar-refractivity contribution in [1.82, 2.24) is 29.4 Å². The second-order valence-electron chi connectivity index (χ2n) is 8.17. The maximum Gasteiger partial charge on any atom is 0.352 e. The highest BCUT2D eigenvalue weighted by Gasteiger charge is 2.20. The van der Waals surface area contributed by atoms with Crippen LogP contribution in [-0.4, -0.2) is 42.6 Å². The van der Waals surface area contributed by atoms with Crippen LogP contribution in [0.15, 0.2) is 40.4 Å². The number of carbonyl (C=O) groups excluding carboxylic acids is 2. The van der Waals surface area contributed by atoms with Crippen molar-refractivity contribution in [2.75, 3.05) is 0 Å². The number of nitrogens with one attached hydrogen (secondary N) is 2. The molecule has 2 aromatic heterocycles. The molecule has 176 valence electrons. The van der Waals surface area contributed by atoms with Crippen LogP contribution in [0.4, 0.5) is 0 Å². The van der Waals surface area contributed by atoms with Gasteiger partial charge in [0.1, 0.15) is 6.54 Å². The quantitative estimate of drug-likeness (QED) is 0.474. The number of fused-ring (bicyclic) bond motifs is 3. The SMILES string of the molecule is C=CCn1c(=O)c2ccc(C(=O)NC(C)CC)cc2n2c(=O)n(CC(=O)NC(C)CC)nc12. The van der Waals surface area contributed by atoms with E-state index in [9.17, 15) is 19.2 Å². The molecule has 0 aliphatic rings. The maximum absolute atomic E-state index is 13.2. The topological polar surface area (TPSA) is 120 Å².